The number of para-hydroxylation sites is 1. The van der Waals surface area contributed by atoms with Crippen LogP contribution in [0.5, 0.6) is 5.75 Å². The van der Waals surface area contributed by atoms with Gasteiger partial charge in [0.2, 0.25) is 0 Å². The lowest BCUT2D eigenvalue weighted by molar-refractivity contribution is 0.0927. The van der Waals surface area contributed by atoms with Gasteiger partial charge in [0.15, 0.2) is 0 Å². The third kappa shape index (κ3) is 4.47. The fraction of sp³-hybridized carbons (Fsp3) is 0.625. The van der Waals surface area contributed by atoms with Gasteiger partial charge in [0.1, 0.15) is 12.4 Å². The third-order valence-corrected chi connectivity index (χ3v) is 3.97. The molecule has 4 nitrogen and oxygen atoms in total. The van der Waals surface area contributed by atoms with Crippen molar-refractivity contribution in [3.8, 4) is 5.75 Å². The predicted octanol–water partition coefficient (Wildman–Crippen LogP) is 1.88. The van der Waals surface area contributed by atoms with Crippen LogP contribution < -0.4 is 10.5 Å². The van der Waals surface area contributed by atoms with Crippen molar-refractivity contribution in [1.29, 1.82) is 0 Å². The smallest absolute Gasteiger partial charge is 0.123 e. The highest BCUT2D eigenvalue weighted by Gasteiger charge is 2.18. The first kappa shape index (κ1) is 15.3. The second-order valence-electron chi connectivity index (χ2n) is 5.40. The number of piperidine rings is 1. The van der Waals surface area contributed by atoms with Gasteiger partial charge in [-0.05, 0) is 37.9 Å². The van der Waals surface area contributed by atoms with E-state index >= 15 is 0 Å². The maximum atomic E-state index is 5.86. The van der Waals surface area contributed by atoms with Crippen LogP contribution >= 0.6 is 0 Å². The molecule has 1 fully saturated rings. The summed E-state index contributed by atoms with van der Waals surface area (Å²) in [7, 11) is 1.79. The highest BCUT2D eigenvalue weighted by molar-refractivity contribution is 5.32. The van der Waals surface area contributed by atoms with E-state index in [9.17, 15) is 0 Å². The lowest BCUT2D eigenvalue weighted by atomic mass is 9.98. The first-order valence-electron chi connectivity index (χ1n) is 7.45. The van der Waals surface area contributed by atoms with E-state index in [0.29, 0.717) is 6.54 Å². The minimum atomic E-state index is 0.526. The number of nitrogens with two attached hydrogens (primary N) is 1. The van der Waals surface area contributed by atoms with Gasteiger partial charge in [-0.25, -0.2) is 0 Å². The Kier molecular flexibility index (Phi) is 6.30. The summed E-state index contributed by atoms with van der Waals surface area (Å²) in [6.07, 6.45) is 2.46. The van der Waals surface area contributed by atoms with E-state index < -0.39 is 0 Å². The van der Waals surface area contributed by atoms with E-state index in [1.165, 1.54) is 12.8 Å². The van der Waals surface area contributed by atoms with Crippen molar-refractivity contribution in [2.24, 2.45) is 11.7 Å². The molecule has 0 aromatic heterocycles. The fourth-order valence-corrected chi connectivity index (χ4v) is 2.71. The van der Waals surface area contributed by atoms with Gasteiger partial charge in [0, 0.05) is 32.4 Å². The van der Waals surface area contributed by atoms with Crippen LogP contribution in [-0.4, -0.2) is 44.9 Å². The van der Waals surface area contributed by atoms with E-state index in [4.69, 9.17) is 15.2 Å². The minimum Gasteiger partial charge on any atom is -0.492 e. The Morgan fingerprint density at radius 1 is 1.25 bits per heavy atom. The number of benzene rings is 1. The Hall–Kier alpha value is -1.10. The first-order chi connectivity index (χ1) is 9.83. The van der Waals surface area contributed by atoms with Crippen LogP contribution in [0, 0.1) is 5.92 Å². The molecule has 1 aliphatic rings. The Morgan fingerprint density at radius 3 is 2.70 bits per heavy atom. The number of hydrogen-bond acceptors (Lipinski definition) is 4. The van der Waals surface area contributed by atoms with E-state index in [1.54, 1.807) is 7.11 Å². The molecule has 1 aromatic carbocycles. The molecule has 20 heavy (non-hydrogen) atoms. The lowest BCUT2D eigenvalue weighted by Crippen LogP contribution is -2.37. The van der Waals surface area contributed by atoms with E-state index in [1.807, 2.05) is 24.3 Å². The van der Waals surface area contributed by atoms with E-state index in [2.05, 4.69) is 4.90 Å². The molecule has 0 atom stereocenters. The van der Waals surface area contributed by atoms with Gasteiger partial charge in [-0.2, -0.15) is 0 Å². The normalized spacial score (nSPS) is 17.3. The molecular formula is C16H26N2O2. The van der Waals surface area contributed by atoms with Crippen LogP contribution in [0.25, 0.3) is 0 Å². The quantitative estimate of drug-likeness (QED) is 0.827. The number of methoxy groups -OCH3 is 1. The van der Waals surface area contributed by atoms with Crippen LogP contribution in [-0.2, 0) is 11.3 Å². The molecule has 4 heteroatoms. The molecule has 0 saturated carbocycles. The van der Waals surface area contributed by atoms with Crippen molar-refractivity contribution >= 4 is 0 Å². The predicted molar refractivity (Wildman–Crippen MR) is 80.9 cm³/mol. The molecule has 1 heterocycles. The Bertz CT molecular complexity index is 390. The zero-order valence-corrected chi connectivity index (χ0v) is 12.4. The monoisotopic (exact) mass is 278 g/mol. The fourth-order valence-electron chi connectivity index (χ4n) is 2.71. The molecule has 2 rings (SSSR count). The van der Waals surface area contributed by atoms with Crippen molar-refractivity contribution in [1.82, 2.24) is 4.90 Å². The van der Waals surface area contributed by atoms with Crippen LogP contribution in [0.15, 0.2) is 24.3 Å². The van der Waals surface area contributed by atoms with Gasteiger partial charge < -0.3 is 15.2 Å². The molecule has 0 unspecified atom stereocenters. The maximum Gasteiger partial charge on any atom is 0.123 e. The highest BCUT2D eigenvalue weighted by atomic mass is 16.5. The van der Waals surface area contributed by atoms with Crippen LogP contribution in [0.3, 0.4) is 0 Å². The Labute approximate surface area is 121 Å². The van der Waals surface area contributed by atoms with Crippen LogP contribution in [0.1, 0.15) is 18.4 Å². The summed E-state index contributed by atoms with van der Waals surface area (Å²) >= 11 is 0. The zero-order chi connectivity index (χ0) is 14.2. The first-order valence-corrected chi connectivity index (χ1v) is 7.45. The molecule has 2 N–H and O–H groups in total. The van der Waals surface area contributed by atoms with Crippen molar-refractivity contribution in [2.75, 3.05) is 40.0 Å². The average Bonchev–Trinajstić information content (AvgIpc) is 2.50. The minimum absolute atomic E-state index is 0.526. The zero-order valence-electron chi connectivity index (χ0n) is 12.4. The van der Waals surface area contributed by atoms with Crippen molar-refractivity contribution in [3.05, 3.63) is 29.8 Å². The summed E-state index contributed by atoms with van der Waals surface area (Å²) in [4.78, 5) is 2.47. The molecule has 0 aliphatic carbocycles. The molecule has 0 spiro atoms. The molecule has 0 amide bonds. The molecule has 112 valence electrons. The maximum absolute atomic E-state index is 5.86. The molecule has 1 saturated heterocycles. The topological polar surface area (TPSA) is 47.7 Å². The number of rotatable bonds is 7. The van der Waals surface area contributed by atoms with Gasteiger partial charge >= 0.3 is 0 Å². The summed E-state index contributed by atoms with van der Waals surface area (Å²) < 4.78 is 11.1. The van der Waals surface area contributed by atoms with Crippen molar-refractivity contribution < 1.29 is 9.47 Å². The summed E-state index contributed by atoms with van der Waals surface area (Å²) in [6, 6.07) is 8.00. The number of likely N-dealkylation sites (tertiary alicyclic amines) is 1. The van der Waals surface area contributed by atoms with Gasteiger partial charge in [-0.1, -0.05) is 18.2 Å². The van der Waals surface area contributed by atoms with Gasteiger partial charge in [-0.15, -0.1) is 0 Å². The summed E-state index contributed by atoms with van der Waals surface area (Å²) in [5, 5.41) is 0. The molecule has 0 radical (unpaired) electrons. The van der Waals surface area contributed by atoms with Gasteiger partial charge in [0.05, 0.1) is 0 Å². The largest absolute Gasteiger partial charge is 0.492 e. The molecule has 1 aromatic rings. The van der Waals surface area contributed by atoms with Crippen LogP contribution in [0.4, 0.5) is 0 Å². The highest BCUT2D eigenvalue weighted by Crippen LogP contribution is 2.19. The lowest BCUT2D eigenvalue weighted by Gasteiger charge is -2.31. The second-order valence-corrected chi connectivity index (χ2v) is 5.40. The van der Waals surface area contributed by atoms with Crippen LogP contribution in [0.2, 0.25) is 0 Å². The van der Waals surface area contributed by atoms with Gasteiger partial charge in [0.25, 0.3) is 0 Å². The molecule has 0 bridgehead atoms. The van der Waals surface area contributed by atoms with Crippen molar-refractivity contribution in [2.45, 2.75) is 19.4 Å². The van der Waals surface area contributed by atoms with E-state index in [-0.39, 0.29) is 0 Å². The third-order valence-electron chi connectivity index (χ3n) is 3.97. The number of hydrogen-bond donors (Lipinski definition) is 1. The standard InChI is InChI=1S/C16H26N2O2/c1-19-13-14-6-8-18(9-7-14)10-11-20-16-5-3-2-4-15(16)12-17/h2-5,14H,6-13,17H2,1H3. The summed E-state index contributed by atoms with van der Waals surface area (Å²) in [5.41, 5.74) is 6.78. The molecule has 1 aliphatic heterocycles. The number of ether oxygens (including phenoxy) is 2. The van der Waals surface area contributed by atoms with Crippen molar-refractivity contribution in [3.63, 3.8) is 0 Å². The summed E-state index contributed by atoms with van der Waals surface area (Å²) in [5.74, 6) is 1.65. The number of nitrogens with zero attached hydrogens (tertiary/aromatic N) is 1. The Morgan fingerprint density at radius 2 is 2.00 bits per heavy atom. The summed E-state index contributed by atoms with van der Waals surface area (Å²) in [6.45, 7) is 5.43. The van der Waals surface area contributed by atoms with Gasteiger partial charge in [-0.3, -0.25) is 4.90 Å². The molecular weight excluding hydrogens is 252 g/mol. The second kappa shape index (κ2) is 8.25. The van der Waals surface area contributed by atoms with E-state index in [0.717, 1.165) is 50.1 Å². The SMILES string of the molecule is COCC1CCN(CCOc2ccccc2CN)CC1. The Balaban J connectivity index is 1.69. The average molecular weight is 278 g/mol.